The van der Waals surface area contributed by atoms with Crippen LogP contribution in [-0.4, -0.2) is 41.1 Å². The molecule has 0 fully saturated rings. The minimum Gasteiger partial charge on any atom is -0.383 e. The number of benzene rings is 1. The number of hydrogen-bond acceptors (Lipinski definition) is 4. The molecule has 1 amide bonds. The molecule has 106 valence electrons. The van der Waals surface area contributed by atoms with Gasteiger partial charge in [0.15, 0.2) is 0 Å². The lowest BCUT2D eigenvalue weighted by Crippen LogP contribution is -2.38. The molecule has 0 atom stereocenters. The minimum absolute atomic E-state index is 0.0969. The van der Waals surface area contributed by atoms with Gasteiger partial charge in [0.2, 0.25) is 15.9 Å². The average molecular weight is 351 g/mol. The van der Waals surface area contributed by atoms with Gasteiger partial charge in [0.05, 0.1) is 18.0 Å². The van der Waals surface area contributed by atoms with Crippen molar-refractivity contribution in [2.45, 2.75) is 4.90 Å². The molecular formula is C11H15BrN2O4S. The van der Waals surface area contributed by atoms with Gasteiger partial charge < -0.3 is 10.1 Å². The molecule has 19 heavy (non-hydrogen) atoms. The van der Waals surface area contributed by atoms with Crippen LogP contribution in [0.4, 0.5) is 0 Å². The maximum atomic E-state index is 11.9. The van der Waals surface area contributed by atoms with Gasteiger partial charge in [0, 0.05) is 18.1 Å². The summed E-state index contributed by atoms with van der Waals surface area (Å²) in [6.07, 6.45) is 0. The van der Waals surface area contributed by atoms with E-state index in [4.69, 9.17) is 4.74 Å². The highest BCUT2D eigenvalue weighted by molar-refractivity contribution is 9.10. The highest BCUT2D eigenvalue weighted by atomic mass is 79.9. The number of sulfonamides is 1. The predicted molar refractivity (Wildman–Crippen MR) is 74.2 cm³/mol. The number of ether oxygens (including phenoxy) is 1. The van der Waals surface area contributed by atoms with Crippen molar-refractivity contribution in [2.75, 3.05) is 26.8 Å². The maximum Gasteiger partial charge on any atom is 0.242 e. The fourth-order valence-corrected chi connectivity index (χ4v) is 3.24. The Hall–Kier alpha value is -0.960. The molecular weight excluding hydrogens is 336 g/mol. The molecule has 0 aliphatic carbocycles. The summed E-state index contributed by atoms with van der Waals surface area (Å²) >= 11 is 3.15. The molecule has 0 unspecified atom stereocenters. The molecule has 1 aromatic rings. The second kappa shape index (κ2) is 7.59. The fraction of sp³-hybridized carbons (Fsp3) is 0.364. The van der Waals surface area contributed by atoms with Crippen LogP contribution < -0.4 is 10.0 Å². The molecule has 6 nitrogen and oxygen atoms in total. The molecule has 8 heteroatoms. The van der Waals surface area contributed by atoms with Crippen LogP contribution in [0.5, 0.6) is 0 Å². The molecule has 0 radical (unpaired) electrons. The molecule has 0 saturated carbocycles. The van der Waals surface area contributed by atoms with Gasteiger partial charge in [0.1, 0.15) is 0 Å². The van der Waals surface area contributed by atoms with E-state index in [1.807, 2.05) is 0 Å². The quantitative estimate of drug-likeness (QED) is 0.701. The van der Waals surface area contributed by atoms with E-state index >= 15 is 0 Å². The van der Waals surface area contributed by atoms with Gasteiger partial charge in [-0.1, -0.05) is 12.1 Å². The normalized spacial score (nSPS) is 11.3. The second-order valence-electron chi connectivity index (χ2n) is 3.60. The van der Waals surface area contributed by atoms with Crippen LogP contribution in [-0.2, 0) is 19.6 Å². The first kappa shape index (κ1) is 16.1. The van der Waals surface area contributed by atoms with E-state index in [1.165, 1.54) is 13.2 Å². The number of rotatable bonds is 7. The smallest absolute Gasteiger partial charge is 0.242 e. The largest absolute Gasteiger partial charge is 0.383 e. The van der Waals surface area contributed by atoms with Crippen molar-refractivity contribution in [1.29, 1.82) is 0 Å². The maximum absolute atomic E-state index is 11.9. The lowest BCUT2D eigenvalue weighted by molar-refractivity contribution is -0.120. The van der Waals surface area contributed by atoms with Crippen LogP contribution in [0.15, 0.2) is 33.6 Å². The Bertz CT molecular complexity index is 533. The van der Waals surface area contributed by atoms with Gasteiger partial charge in [-0.3, -0.25) is 4.79 Å². The van der Waals surface area contributed by atoms with Gasteiger partial charge in [-0.25, -0.2) is 13.1 Å². The Morgan fingerprint density at radius 1 is 1.37 bits per heavy atom. The highest BCUT2D eigenvalue weighted by Gasteiger charge is 2.17. The Morgan fingerprint density at radius 3 is 2.68 bits per heavy atom. The number of nitrogens with one attached hydrogen (secondary N) is 2. The lowest BCUT2D eigenvalue weighted by Gasteiger charge is -2.08. The molecule has 0 spiro atoms. The van der Waals surface area contributed by atoms with Crippen molar-refractivity contribution in [2.24, 2.45) is 0 Å². The Kier molecular flexibility index (Phi) is 6.43. The van der Waals surface area contributed by atoms with Crippen molar-refractivity contribution in [3.8, 4) is 0 Å². The SMILES string of the molecule is COCCNC(=O)CNS(=O)(=O)c1ccccc1Br. The van der Waals surface area contributed by atoms with Gasteiger partial charge in [-0.15, -0.1) is 0 Å². The molecule has 1 aromatic carbocycles. The Morgan fingerprint density at radius 2 is 2.05 bits per heavy atom. The first-order valence-electron chi connectivity index (χ1n) is 5.47. The minimum atomic E-state index is -3.71. The standard InChI is InChI=1S/C11H15BrN2O4S/c1-18-7-6-13-11(15)8-14-19(16,17)10-5-3-2-4-9(10)12/h2-5,14H,6-8H2,1H3,(H,13,15). The van der Waals surface area contributed by atoms with Crippen LogP contribution in [0.1, 0.15) is 0 Å². The summed E-state index contributed by atoms with van der Waals surface area (Å²) in [5.41, 5.74) is 0. The number of amides is 1. The third-order valence-electron chi connectivity index (χ3n) is 2.18. The summed E-state index contributed by atoms with van der Waals surface area (Å²) in [5, 5.41) is 2.52. The summed E-state index contributed by atoms with van der Waals surface area (Å²) in [7, 11) is -2.19. The lowest BCUT2D eigenvalue weighted by atomic mass is 10.4. The van der Waals surface area contributed by atoms with Crippen molar-refractivity contribution in [3.05, 3.63) is 28.7 Å². The first-order valence-corrected chi connectivity index (χ1v) is 7.75. The zero-order chi connectivity index (χ0) is 14.3. The third-order valence-corrected chi connectivity index (χ3v) is 4.59. The molecule has 0 aromatic heterocycles. The van der Waals surface area contributed by atoms with Gasteiger partial charge in [0.25, 0.3) is 0 Å². The summed E-state index contributed by atoms with van der Waals surface area (Å²) in [6.45, 7) is 0.405. The molecule has 0 bridgehead atoms. The van der Waals surface area contributed by atoms with Crippen molar-refractivity contribution in [3.63, 3.8) is 0 Å². The molecule has 0 saturated heterocycles. The number of halogens is 1. The van der Waals surface area contributed by atoms with Crippen molar-refractivity contribution >= 4 is 31.9 Å². The zero-order valence-electron chi connectivity index (χ0n) is 10.3. The topological polar surface area (TPSA) is 84.5 Å². The van der Waals surface area contributed by atoms with E-state index in [2.05, 4.69) is 26.0 Å². The summed E-state index contributed by atoms with van der Waals surface area (Å²) in [4.78, 5) is 11.5. The molecule has 1 rings (SSSR count). The summed E-state index contributed by atoms with van der Waals surface area (Å²) < 4.78 is 31.3. The molecule has 0 aliphatic heterocycles. The molecule has 2 N–H and O–H groups in total. The summed E-state index contributed by atoms with van der Waals surface area (Å²) in [6, 6.07) is 6.39. The number of methoxy groups -OCH3 is 1. The van der Waals surface area contributed by atoms with E-state index in [9.17, 15) is 13.2 Å². The third kappa shape index (κ3) is 5.27. The van der Waals surface area contributed by atoms with E-state index in [0.29, 0.717) is 17.6 Å². The molecule has 0 heterocycles. The Labute approximate surface area is 120 Å². The van der Waals surface area contributed by atoms with Gasteiger partial charge >= 0.3 is 0 Å². The van der Waals surface area contributed by atoms with Crippen LogP contribution in [0.2, 0.25) is 0 Å². The predicted octanol–water partition coefficient (Wildman–Crippen LogP) is 0.490. The number of carbonyl (C=O) groups is 1. The van der Waals surface area contributed by atoms with Crippen LogP contribution in [0, 0.1) is 0 Å². The molecule has 0 aliphatic rings. The van der Waals surface area contributed by atoms with Crippen molar-refractivity contribution in [1.82, 2.24) is 10.0 Å². The monoisotopic (exact) mass is 350 g/mol. The van der Waals surface area contributed by atoms with Gasteiger partial charge in [-0.05, 0) is 28.1 Å². The van der Waals surface area contributed by atoms with Crippen LogP contribution >= 0.6 is 15.9 Å². The van der Waals surface area contributed by atoms with E-state index in [0.717, 1.165) is 0 Å². The first-order chi connectivity index (χ1) is 8.97. The second-order valence-corrected chi connectivity index (χ2v) is 6.19. The highest BCUT2D eigenvalue weighted by Crippen LogP contribution is 2.20. The van der Waals surface area contributed by atoms with Crippen molar-refractivity contribution < 1.29 is 17.9 Å². The zero-order valence-corrected chi connectivity index (χ0v) is 12.8. The van der Waals surface area contributed by atoms with E-state index < -0.39 is 15.9 Å². The Balaban J connectivity index is 2.57. The van der Waals surface area contributed by atoms with Crippen LogP contribution in [0.25, 0.3) is 0 Å². The van der Waals surface area contributed by atoms with Crippen LogP contribution in [0.3, 0.4) is 0 Å². The number of hydrogen-bond donors (Lipinski definition) is 2. The average Bonchev–Trinajstić information content (AvgIpc) is 2.37. The summed E-state index contributed by atoms with van der Waals surface area (Å²) in [5.74, 6) is -0.410. The van der Waals surface area contributed by atoms with E-state index in [-0.39, 0.29) is 11.4 Å². The number of carbonyl (C=O) groups excluding carboxylic acids is 1. The fourth-order valence-electron chi connectivity index (χ4n) is 1.26. The van der Waals surface area contributed by atoms with Gasteiger partial charge in [-0.2, -0.15) is 0 Å². The van der Waals surface area contributed by atoms with E-state index in [1.54, 1.807) is 18.2 Å².